The zero-order valence-corrected chi connectivity index (χ0v) is 10.4. The van der Waals surface area contributed by atoms with Crippen LogP contribution < -0.4 is 0 Å². The second kappa shape index (κ2) is 6.70. The highest BCUT2D eigenvalue weighted by Gasteiger charge is 2.20. The lowest BCUT2D eigenvalue weighted by Crippen LogP contribution is -2.13. The van der Waals surface area contributed by atoms with Crippen molar-refractivity contribution in [2.45, 2.75) is 45.6 Å². The topological polar surface area (TPSA) is 20.2 Å². The zero-order valence-electron chi connectivity index (χ0n) is 10.4. The number of aliphatic hydroxyl groups is 1. The van der Waals surface area contributed by atoms with Gasteiger partial charge in [-0.05, 0) is 36.5 Å². The molecule has 96 valence electrons. The molecule has 0 saturated carbocycles. The van der Waals surface area contributed by atoms with Crippen molar-refractivity contribution < 1.29 is 13.9 Å². The number of halogens is 2. The van der Waals surface area contributed by atoms with Gasteiger partial charge in [-0.3, -0.25) is 0 Å². The van der Waals surface area contributed by atoms with Gasteiger partial charge in [0.15, 0.2) is 0 Å². The second-order valence-corrected chi connectivity index (χ2v) is 4.49. The summed E-state index contributed by atoms with van der Waals surface area (Å²) in [6.07, 6.45) is 2.87. The van der Waals surface area contributed by atoms with Crippen molar-refractivity contribution in [1.82, 2.24) is 0 Å². The molecule has 0 aliphatic heterocycles. The minimum Gasteiger partial charge on any atom is -0.388 e. The molecular formula is C14H20F2O. The number of rotatable bonds is 6. The molecule has 1 N–H and O–H groups in total. The largest absolute Gasteiger partial charge is 0.388 e. The molecule has 1 atom stereocenters. The van der Waals surface area contributed by atoms with Crippen LogP contribution in [0.2, 0.25) is 0 Å². The third-order valence-corrected chi connectivity index (χ3v) is 2.99. The Morgan fingerprint density at radius 3 is 1.88 bits per heavy atom. The van der Waals surface area contributed by atoms with Crippen LogP contribution in [0.4, 0.5) is 8.78 Å². The van der Waals surface area contributed by atoms with Gasteiger partial charge in [0.25, 0.3) is 0 Å². The molecular weight excluding hydrogens is 222 g/mol. The summed E-state index contributed by atoms with van der Waals surface area (Å²) < 4.78 is 26.1. The third-order valence-electron chi connectivity index (χ3n) is 2.99. The summed E-state index contributed by atoms with van der Waals surface area (Å²) in [5.41, 5.74) is 0.342. The lowest BCUT2D eigenvalue weighted by atomic mass is 9.88. The number of hydrogen-bond acceptors (Lipinski definition) is 1. The molecule has 0 amide bonds. The van der Waals surface area contributed by atoms with Gasteiger partial charge in [-0.25, -0.2) is 8.78 Å². The van der Waals surface area contributed by atoms with Crippen LogP contribution in [0.3, 0.4) is 0 Å². The maximum Gasteiger partial charge on any atom is 0.126 e. The third kappa shape index (κ3) is 4.08. The first kappa shape index (κ1) is 14.1. The molecule has 0 heterocycles. The Morgan fingerprint density at radius 1 is 1.00 bits per heavy atom. The Bertz CT molecular complexity index is 326. The Morgan fingerprint density at radius 2 is 1.47 bits per heavy atom. The maximum absolute atomic E-state index is 13.1. The first-order valence-corrected chi connectivity index (χ1v) is 6.22. The summed E-state index contributed by atoms with van der Waals surface area (Å²) in [5, 5.41) is 10.2. The van der Waals surface area contributed by atoms with Gasteiger partial charge in [0.1, 0.15) is 11.6 Å². The van der Waals surface area contributed by atoms with Crippen molar-refractivity contribution in [2.75, 3.05) is 0 Å². The Labute approximate surface area is 101 Å². The van der Waals surface area contributed by atoms with Crippen LogP contribution in [0.1, 0.15) is 51.2 Å². The lowest BCUT2D eigenvalue weighted by molar-refractivity contribution is 0.0958. The van der Waals surface area contributed by atoms with Crippen LogP contribution >= 0.6 is 0 Å². The minimum absolute atomic E-state index is 0.0752. The predicted octanol–water partition coefficient (Wildman–Crippen LogP) is 4.21. The fraction of sp³-hybridized carbons (Fsp3) is 0.571. The van der Waals surface area contributed by atoms with E-state index in [9.17, 15) is 13.9 Å². The maximum atomic E-state index is 13.1. The standard InChI is InChI=1S/C14H20F2O/c1-3-5-10(6-4-2)14(17)11-7-12(15)9-13(16)8-11/h7-10,14,17H,3-6H2,1-2H3. The van der Waals surface area contributed by atoms with Crippen molar-refractivity contribution in [3.05, 3.63) is 35.4 Å². The lowest BCUT2D eigenvalue weighted by Gasteiger charge is -2.22. The van der Waals surface area contributed by atoms with E-state index in [4.69, 9.17) is 0 Å². The molecule has 1 rings (SSSR count). The minimum atomic E-state index is -0.778. The molecule has 0 saturated heterocycles. The highest BCUT2D eigenvalue weighted by atomic mass is 19.1. The second-order valence-electron chi connectivity index (χ2n) is 4.49. The quantitative estimate of drug-likeness (QED) is 0.792. The summed E-state index contributed by atoms with van der Waals surface area (Å²) in [6, 6.07) is 3.25. The van der Waals surface area contributed by atoms with Crippen molar-refractivity contribution in [1.29, 1.82) is 0 Å². The van der Waals surface area contributed by atoms with Crippen LogP contribution in [0.25, 0.3) is 0 Å². The van der Waals surface area contributed by atoms with Gasteiger partial charge in [-0.2, -0.15) is 0 Å². The normalized spacial score (nSPS) is 13.1. The predicted molar refractivity (Wildman–Crippen MR) is 64.6 cm³/mol. The number of aliphatic hydroxyl groups excluding tert-OH is 1. The van der Waals surface area contributed by atoms with Crippen molar-refractivity contribution in [2.24, 2.45) is 5.92 Å². The fourth-order valence-corrected chi connectivity index (χ4v) is 2.22. The van der Waals surface area contributed by atoms with Crippen LogP contribution in [-0.4, -0.2) is 5.11 Å². The molecule has 0 radical (unpaired) electrons. The Hall–Kier alpha value is -0.960. The smallest absolute Gasteiger partial charge is 0.126 e. The first-order valence-electron chi connectivity index (χ1n) is 6.22. The van der Waals surface area contributed by atoms with E-state index in [0.717, 1.165) is 31.7 Å². The van der Waals surface area contributed by atoms with Gasteiger partial charge in [0.2, 0.25) is 0 Å². The van der Waals surface area contributed by atoms with Crippen LogP contribution in [0.15, 0.2) is 18.2 Å². The van der Waals surface area contributed by atoms with Crippen molar-refractivity contribution in [3.8, 4) is 0 Å². The molecule has 0 aromatic heterocycles. The average Bonchev–Trinajstić information content (AvgIpc) is 2.26. The average molecular weight is 242 g/mol. The summed E-state index contributed by atoms with van der Waals surface area (Å²) in [7, 11) is 0. The van der Waals surface area contributed by atoms with Gasteiger partial charge in [0, 0.05) is 6.07 Å². The monoisotopic (exact) mass is 242 g/mol. The number of benzene rings is 1. The van der Waals surface area contributed by atoms with Gasteiger partial charge in [0.05, 0.1) is 6.10 Å². The van der Waals surface area contributed by atoms with Crippen molar-refractivity contribution >= 4 is 0 Å². The van der Waals surface area contributed by atoms with Crippen LogP contribution in [-0.2, 0) is 0 Å². The molecule has 0 aliphatic rings. The summed E-state index contributed by atoms with van der Waals surface area (Å²) in [4.78, 5) is 0. The van der Waals surface area contributed by atoms with E-state index in [-0.39, 0.29) is 5.92 Å². The molecule has 1 aromatic carbocycles. The molecule has 3 heteroatoms. The molecule has 0 aliphatic carbocycles. The molecule has 0 spiro atoms. The van der Waals surface area contributed by atoms with Gasteiger partial charge < -0.3 is 5.11 Å². The highest BCUT2D eigenvalue weighted by molar-refractivity contribution is 5.20. The van der Waals surface area contributed by atoms with Crippen molar-refractivity contribution in [3.63, 3.8) is 0 Å². The van der Waals surface area contributed by atoms with E-state index in [1.807, 2.05) is 13.8 Å². The summed E-state index contributed by atoms with van der Waals surface area (Å²) >= 11 is 0. The molecule has 1 aromatic rings. The van der Waals surface area contributed by atoms with E-state index >= 15 is 0 Å². The van der Waals surface area contributed by atoms with Gasteiger partial charge >= 0.3 is 0 Å². The fourth-order valence-electron chi connectivity index (χ4n) is 2.22. The van der Waals surface area contributed by atoms with E-state index in [1.54, 1.807) is 0 Å². The SMILES string of the molecule is CCCC(CCC)C(O)c1cc(F)cc(F)c1. The van der Waals surface area contributed by atoms with E-state index in [1.165, 1.54) is 12.1 Å². The zero-order chi connectivity index (χ0) is 12.8. The molecule has 0 fully saturated rings. The summed E-state index contributed by atoms with van der Waals surface area (Å²) in [6.45, 7) is 4.09. The van der Waals surface area contributed by atoms with Crippen LogP contribution in [0, 0.1) is 17.6 Å². The van der Waals surface area contributed by atoms with Gasteiger partial charge in [-0.15, -0.1) is 0 Å². The van der Waals surface area contributed by atoms with Gasteiger partial charge in [-0.1, -0.05) is 26.7 Å². The highest BCUT2D eigenvalue weighted by Crippen LogP contribution is 2.30. The van der Waals surface area contributed by atoms with E-state index < -0.39 is 17.7 Å². The molecule has 0 bridgehead atoms. The molecule has 17 heavy (non-hydrogen) atoms. The van der Waals surface area contributed by atoms with E-state index in [0.29, 0.717) is 5.56 Å². The Kier molecular flexibility index (Phi) is 5.56. The number of hydrogen-bond donors (Lipinski definition) is 1. The van der Waals surface area contributed by atoms with Crippen LogP contribution in [0.5, 0.6) is 0 Å². The summed E-state index contributed by atoms with van der Waals surface area (Å²) in [5.74, 6) is -1.19. The molecule has 1 nitrogen and oxygen atoms in total. The van der Waals surface area contributed by atoms with E-state index in [2.05, 4.69) is 0 Å². The Balaban J connectivity index is 2.87. The first-order chi connectivity index (χ1) is 8.08. The molecule has 1 unspecified atom stereocenters.